The first-order valence-corrected chi connectivity index (χ1v) is 9.82. The number of nitrogens with one attached hydrogen (secondary N) is 4. The normalized spacial score (nSPS) is 29.9. The molecule has 7 nitrogen and oxygen atoms in total. The summed E-state index contributed by atoms with van der Waals surface area (Å²) in [5.74, 6) is 0.903. The quantitative estimate of drug-likeness (QED) is 0.640. The summed E-state index contributed by atoms with van der Waals surface area (Å²) in [5, 5.41) is 12.3. The summed E-state index contributed by atoms with van der Waals surface area (Å²) in [5.41, 5.74) is 4.41. The van der Waals surface area contributed by atoms with Crippen LogP contribution in [0.3, 0.4) is 0 Å². The van der Waals surface area contributed by atoms with Gasteiger partial charge in [0.2, 0.25) is 5.91 Å². The summed E-state index contributed by atoms with van der Waals surface area (Å²) in [6.07, 6.45) is 6.04. The molecule has 3 fully saturated rings. The van der Waals surface area contributed by atoms with Crippen molar-refractivity contribution in [3.8, 4) is 5.75 Å². The molecule has 1 aliphatic carbocycles. The second-order valence-corrected chi connectivity index (χ2v) is 7.32. The maximum absolute atomic E-state index is 12.6. The highest BCUT2D eigenvalue weighted by Gasteiger charge is 2.46. The zero-order chi connectivity index (χ0) is 17.9. The Bertz CT molecular complexity index is 617. The van der Waals surface area contributed by atoms with Crippen molar-refractivity contribution in [2.75, 3.05) is 18.5 Å². The molecular weight excluding hydrogens is 330 g/mol. The highest BCUT2D eigenvalue weighted by molar-refractivity contribution is 5.81. The van der Waals surface area contributed by atoms with Gasteiger partial charge in [0.15, 0.2) is 6.29 Å². The molecule has 0 bridgehead atoms. The van der Waals surface area contributed by atoms with Crippen molar-refractivity contribution in [1.29, 1.82) is 0 Å². The van der Waals surface area contributed by atoms with E-state index in [2.05, 4.69) is 26.4 Å². The van der Waals surface area contributed by atoms with Crippen LogP contribution in [-0.2, 0) is 4.79 Å². The zero-order valence-electron chi connectivity index (χ0n) is 15.3. The molecule has 1 saturated carbocycles. The molecule has 1 amide bonds. The molecule has 3 unspecified atom stereocenters. The van der Waals surface area contributed by atoms with Gasteiger partial charge in [-0.15, -0.1) is 0 Å². The lowest BCUT2D eigenvalue weighted by Crippen LogP contribution is -2.67. The van der Waals surface area contributed by atoms with Crippen molar-refractivity contribution in [1.82, 2.24) is 21.1 Å². The molecule has 0 aromatic heterocycles. The van der Waals surface area contributed by atoms with Crippen LogP contribution < -0.4 is 26.1 Å². The van der Waals surface area contributed by atoms with Gasteiger partial charge in [-0.3, -0.25) is 15.5 Å². The second-order valence-electron chi connectivity index (χ2n) is 7.32. The van der Waals surface area contributed by atoms with Crippen LogP contribution in [0.1, 0.15) is 39.0 Å². The molecule has 4 rings (SSSR count). The lowest BCUT2D eigenvalue weighted by Gasteiger charge is -2.41. The topological polar surface area (TPSA) is 77.7 Å². The molecule has 3 atom stereocenters. The SMILES string of the molecule is CCOc1ccc(NC2NC(=O)C3CNN(C4CCCCC4)C3N2)cc1. The van der Waals surface area contributed by atoms with Gasteiger partial charge in [-0.05, 0) is 44.0 Å². The Balaban J connectivity index is 1.41. The number of hydrogen-bond donors (Lipinski definition) is 4. The van der Waals surface area contributed by atoms with E-state index in [4.69, 9.17) is 4.74 Å². The molecule has 1 aromatic carbocycles. The molecule has 0 radical (unpaired) electrons. The van der Waals surface area contributed by atoms with Crippen molar-refractivity contribution in [2.45, 2.75) is 57.5 Å². The van der Waals surface area contributed by atoms with E-state index in [1.807, 2.05) is 31.2 Å². The standard InChI is InChI=1S/C19H29N5O2/c1-2-26-15-10-8-13(9-11-15)21-19-22-17-16(18(25)23-19)12-20-24(17)14-6-4-3-5-7-14/h8-11,14,16-17,19-22H,2-7,12H2,1H3,(H,23,25). The predicted octanol–water partition coefficient (Wildman–Crippen LogP) is 1.60. The fourth-order valence-electron chi connectivity index (χ4n) is 4.28. The molecule has 4 N–H and O–H groups in total. The van der Waals surface area contributed by atoms with E-state index >= 15 is 0 Å². The van der Waals surface area contributed by atoms with Crippen LogP contribution in [0.4, 0.5) is 5.69 Å². The van der Waals surface area contributed by atoms with Gasteiger partial charge in [-0.25, -0.2) is 5.01 Å². The van der Waals surface area contributed by atoms with Gasteiger partial charge in [-0.1, -0.05) is 19.3 Å². The first kappa shape index (κ1) is 17.6. The molecule has 2 saturated heterocycles. The number of fused-ring (bicyclic) bond motifs is 1. The van der Waals surface area contributed by atoms with Gasteiger partial charge in [0, 0.05) is 18.3 Å². The average Bonchev–Trinajstić information content (AvgIpc) is 3.09. The molecule has 3 aliphatic rings. The van der Waals surface area contributed by atoms with Crippen LogP contribution in [0.15, 0.2) is 24.3 Å². The number of hydrogen-bond acceptors (Lipinski definition) is 6. The van der Waals surface area contributed by atoms with Crippen molar-refractivity contribution in [3.63, 3.8) is 0 Å². The number of benzene rings is 1. The molecular formula is C19H29N5O2. The van der Waals surface area contributed by atoms with E-state index in [-0.39, 0.29) is 24.3 Å². The molecule has 7 heteroatoms. The number of hydrazine groups is 1. The number of ether oxygens (including phenoxy) is 1. The Labute approximate surface area is 154 Å². The molecule has 142 valence electrons. The fourth-order valence-corrected chi connectivity index (χ4v) is 4.28. The lowest BCUT2D eigenvalue weighted by atomic mass is 9.94. The molecule has 1 aromatic rings. The Morgan fingerprint density at radius 3 is 2.69 bits per heavy atom. The summed E-state index contributed by atoms with van der Waals surface area (Å²) < 4.78 is 5.48. The number of anilines is 1. The van der Waals surface area contributed by atoms with E-state index < -0.39 is 0 Å². The van der Waals surface area contributed by atoms with Gasteiger partial charge in [0.05, 0.1) is 18.7 Å². The molecule has 26 heavy (non-hydrogen) atoms. The van der Waals surface area contributed by atoms with Crippen LogP contribution >= 0.6 is 0 Å². The van der Waals surface area contributed by atoms with Gasteiger partial charge in [-0.2, -0.15) is 0 Å². The number of carbonyl (C=O) groups is 1. The number of rotatable bonds is 5. The Morgan fingerprint density at radius 1 is 1.19 bits per heavy atom. The number of nitrogens with zero attached hydrogens (tertiary/aromatic N) is 1. The summed E-state index contributed by atoms with van der Waals surface area (Å²) in [6, 6.07) is 8.33. The maximum atomic E-state index is 12.6. The van der Waals surface area contributed by atoms with Crippen molar-refractivity contribution in [2.24, 2.45) is 5.92 Å². The summed E-state index contributed by atoms with van der Waals surface area (Å²) >= 11 is 0. The van der Waals surface area contributed by atoms with Crippen LogP contribution in [0.2, 0.25) is 0 Å². The lowest BCUT2D eigenvalue weighted by molar-refractivity contribution is -0.129. The van der Waals surface area contributed by atoms with Crippen molar-refractivity contribution >= 4 is 11.6 Å². The third-order valence-electron chi connectivity index (χ3n) is 5.58. The van der Waals surface area contributed by atoms with Crippen LogP contribution in [0, 0.1) is 5.92 Å². The van der Waals surface area contributed by atoms with Crippen LogP contribution in [0.5, 0.6) is 5.75 Å². The minimum absolute atomic E-state index is 0.0343. The monoisotopic (exact) mass is 359 g/mol. The smallest absolute Gasteiger partial charge is 0.230 e. The molecule has 2 aliphatic heterocycles. The number of amides is 1. The molecule has 2 heterocycles. The number of carbonyl (C=O) groups excluding carboxylic acids is 1. The Hall–Kier alpha value is -1.83. The van der Waals surface area contributed by atoms with Gasteiger partial charge >= 0.3 is 0 Å². The zero-order valence-corrected chi connectivity index (χ0v) is 15.3. The Kier molecular flexibility index (Phi) is 5.28. The van der Waals surface area contributed by atoms with Gasteiger partial charge in [0.1, 0.15) is 5.75 Å². The highest BCUT2D eigenvalue weighted by atomic mass is 16.5. The van der Waals surface area contributed by atoms with E-state index in [0.717, 1.165) is 11.4 Å². The largest absolute Gasteiger partial charge is 0.494 e. The van der Waals surface area contributed by atoms with Crippen LogP contribution in [-0.4, -0.2) is 42.6 Å². The second kappa shape index (κ2) is 7.82. The molecule has 0 spiro atoms. The van der Waals surface area contributed by atoms with E-state index in [1.165, 1.54) is 32.1 Å². The predicted molar refractivity (Wildman–Crippen MR) is 100 cm³/mol. The minimum atomic E-state index is -0.285. The van der Waals surface area contributed by atoms with Gasteiger partial charge < -0.3 is 15.4 Å². The first-order chi connectivity index (χ1) is 12.7. The summed E-state index contributed by atoms with van der Waals surface area (Å²) in [6.45, 7) is 3.33. The van der Waals surface area contributed by atoms with E-state index in [1.54, 1.807) is 0 Å². The summed E-state index contributed by atoms with van der Waals surface area (Å²) in [7, 11) is 0. The highest BCUT2D eigenvalue weighted by Crippen LogP contribution is 2.28. The van der Waals surface area contributed by atoms with E-state index in [0.29, 0.717) is 19.2 Å². The Morgan fingerprint density at radius 2 is 1.96 bits per heavy atom. The first-order valence-electron chi connectivity index (χ1n) is 9.82. The summed E-state index contributed by atoms with van der Waals surface area (Å²) in [4.78, 5) is 12.6. The third kappa shape index (κ3) is 3.65. The van der Waals surface area contributed by atoms with Gasteiger partial charge in [0.25, 0.3) is 0 Å². The minimum Gasteiger partial charge on any atom is -0.494 e. The van der Waals surface area contributed by atoms with E-state index in [9.17, 15) is 4.79 Å². The fraction of sp³-hybridized carbons (Fsp3) is 0.632. The maximum Gasteiger partial charge on any atom is 0.230 e. The third-order valence-corrected chi connectivity index (χ3v) is 5.58. The average molecular weight is 359 g/mol. The van der Waals surface area contributed by atoms with Crippen molar-refractivity contribution in [3.05, 3.63) is 24.3 Å². The van der Waals surface area contributed by atoms with Crippen LogP contribution in [0.25, 0.3) is 0 Å². The van der Waals surface area contributed by atoms with Crippen molar-refractivity contribution < 1.29 is 9.53 Å².